The summed E-state index contributed by atoms with van der Waals surface area (Å²) in [4.78, 5) is 19.4. The van der Waals surface area contributed by atoms with E-state index in [-0.39, 0.29) is 11.6 Å². The van der Waals surface area contributed by atoms with Crippen molar-refractivity contribution in [1.82, 2.24) is 19.8 Å². The maximum Gasteiger partial charge on any atom is 0.410 e. The van der Waals surface area contributed by atoms with Crippen LogP contribution in [-0.4, -0.2) is 51.3 Å². The third kappa shape index (κ3) is 6.47. The van der Waals surface area contributed by atoms with Crippen LogP contribution in [0.5, 0.6) is 0 Å². The van der Waals surface area contributed by atoms with Crippen molar-refractivity contribution < 1.29 is 9.53 Å². The lowest BCUT2D eigenvalue weighted by molar-refractivity contribution is 0.0202. The molecule has 0 unspecified atom stereocenters. The second-order valence-electron chi connectivity index (χ2n) is 11.1. The number of rotatable bonds is 5. The van der Waals surface area contributed by atoms with Crippen LogP contribution < -0.4 is 5.32 Å². The van der Waals surface area contributed by atoms with Crippen molar-refractivity contribution in [2.24, 2.45) is 0 Å². The zero-order valence-electron chi connectivity index (χ0n) is 20.0. The van der Waals surface area contributed by atoms with Crippen molar-refractivity contribution in [2.75, 3.05) is 19.6 Å². The van der Waals surface area contributed by atoms with Crippen LogP contribution in [0, 0.1) is 0 Å². The third-order valence-electron chi connectivity index (χ3n) is 6.12. The smallest absolute Gasteiger partial charge is 0.410 e. The lowest BCUT2D eigenvalue weighted by atomic mass is 9.96. The molecule has 30 heavy (non-hydrogen) atoms. The van der Waals surface area contributed by atoms with Gasteiger partial charge in [-0.05, 0) is 67.2 Å². The molecule has 1 aliphatic heterocycles. The standard InChI is InChI=1S/C24H42N4O2/c1-23(2,3)25-13-16-28-17-20(18-9-7-8-10-18)26-21(28)19-11-14-27(15-12-19)22(29)30-24(4,5)6/h17-19,25H,7-16H2,1-6H3. The molecule has 1 aromatic heterocycles. The van der Waals surface area contributed by atoms with Crippen LogP contribution in [0.2, 0.25) is 0 Å². The monoisotopic (exact) mass is 418 g/mol. The number of piperidine rings is 1. The summed E-state index contributed by atoms with van der Waals surface area (Å²) in [6.45, 7) is 15.7. The molecule has 1 saturated carbocycles. The summed E-state index contributed by atoms with van der Waals surface area (Å²) in [6.07, 6.45) is 9.22. The predicted molar refractivity (Wildman–Crippen MR) is 121 cm³/mol. The van der Waals surface area contributed by atoms with Gasteiger partial charge in [0.25, 0.3) is 0 Å². The number of carbonyl (C=O) groups is 1. The number of likely N-dealkylation sites (tertiary alicyclic amines) is 1. The van der Waals surface area contributed by atoms with E-state index in [4.69, 9.17) is 9.72 Å². The molecular weight excluding hydrogens is 376 g/mol. The van der Waals surface area contributed by atoms with Crippen LogP contribution in [0.3, 0.4) is 0 Å². The average molecular weight is 419 g/mol. The van der Waals surface area contributed by atoms with Gasteiger partial charge in [0.1, 0.15) is 11.4 Å². The second-order valence-corrected chi connectivity index (χ2v) is 11.1. The van der Waals surface area contributed by atoms with E-state index in [0.717, 1.165) is 39.0 Å². The Morgan fingerprint density at radius 2 is 1.70 bits per heavy atom. The number of amides is 1. The van der Waals surface area contributed by atoms with Crippen LogP contribution in [0.25, 0.3) is 0 Å². The van der Waals surface area contributed by atoms with E-state index < -0.39 is 5.60 Å². The molecule has 1 aliphatic carbocycles. The molecule has 0 atom stereocenters. The van der Waals surface area contributed by atoms with Crippen LogP contribution in [-0.2, 0) is 11.3 Å². The van der Waals surface area contributed by atoms with Crippen LogP contribution in [0.4, 0.5) is 4.79 Å². The zero-order chi connectivity index (χ0) is 21.9. The Morgan fingerprint density at radius 3 is 2.27 bits per heavy atom. The van der Waals surface area contributed by atoms with E-state index in [1.54, 1.807) is 0 Å². The molecule has 6 nitrogen and oxygen atoms in total. The summed E-state index contributed by atoms with van der Waals surface area (Å²) in [5.74, 6) is 2.26. The van der Waals surface area contributed by atoms with Crippen molar-refractivity contribution in [3.63, 3.8) is 0 Å². The Hall–Kier alpha value is -1.56. The van der Waals surface area contributed by atoms with Crippen molar-refractivity contribution in [3.8, 4) is 0 Å². The summed E-state index contributed by atoms with van der Waals surface area (Å²) in [6, 6.07) is 0. The van der Waals surface area contributed by atoms with Crippen LogP contribution >= 0.6 is 0 Å². The molecule has 6 heteroatoms. The molecule has 170 valence electrons. The molecular formula is C24H42N4O2. The maximum absolute atomic E-state index is 12.4. The highest BCUT2D eigenvalue weighted by molar-refractivity contribution is 5.68. The summed E-state index contributed by atoms with van der Waals surface area (Å²) in [5, 5.41) is 3.60. The van der Waals surface area contributed by atoms with Gasteiger partial charge in [-0.2, -0.15) is 0 Å². The zero-order valence-corrected chi connectivity index (χ0v) is 20.0. The van der Waals surface area contributed by atoms with Gasteiger partial charge in [-0.25, -0.2) is 9.78 Å². The summed E-state index contributed by atoms with van der Waals surface area (Å²) >= 11 is 0. The number of hydrogen-bond acceptors (Lipinski definition) is 4. The number of nitrogens with zero attached hydrogens (tertiary/aromatic N) is 3. The van der Waals surface area contributed by atoms with Gasteiger partial charge in [0.05, 0.1) is 5.69 Å². The number of nitrogens with one attached hydrogen (secondary N) is 1. The van der Waals surface area contributed by atoms with Gasteiger partial charge >= 0.3 is 6.09 Å². The second kappa shape index (κ2) is 9.29. The SMILES string of the molecule is CC(C)(C)NCCn1cc(C2CCCC2)nc1C1CCN(C(=O)OC(C)(C)C)CC1. The highest BCUT2D eigenvalue weighted by atomic mass is 16.6. The van der Waals surface area contributed by atoms with Gasteiger partial charge in [0.15, 0.2) is 0 Å². The molecule has 2 heterocycles. The summed E-state index contributed by atoms with van der Waals surface area (Å²) in [5.41, 5.74) is 0.960. The third-order valence-corrected chi connectivity index (χ3v) is 6.12. The highest BCUT2D eigenvalue weighted by Crippen LogP contribution is 2.36. The molecule has 0 bridgehead atoms. The molecule has 1 N–H and O–H groups in total. The quantitative estimate of drug-likeness (QED) is 0.727. The number of ether oxygens (including phenoxy) is 1. The minimum Gasteiger partial charge on any atom is -0.444 e. The van der Waals surface area contributed by atoms with E-state index in [1.165, 1.54) is 37.2 Å². The lowest BCUT2D eigenvalue weighted by Gasteiger charge is -2.33. The molecule has 1 aromatic rings. The Balaban J connectivity index is 1.67. The fraction of sp³-hybridized carbons (Fsp3) is 0.833. The first-order chi connectivity index (χ1) is 14.0. The van der Waals surface area contributed by atoms with Crippen LogP contribution in [0.15, 0.2) is 6.20 Å². The molecule has 0 aromatic carbocycles. The minimum absolute atomic E-state index is 0.119. The van der Waals surface area contributed by atoms with Gasteiger partial charge in [-0.15, -0.1) is 0 Å². The van der Waals surface area contributed by atoms with Crippen molar-refractivity contribution in [3.05, 3.63) is 17.7 Å². The molecule has 2 aliphatic rings. The fourth-order valence-corrected chi connectivity index (χ4v) is 4.57. The molecule has 0 radical (unpaired) electrons. The number of aromatic nitrogens is 2. The first kappa shape index (κ1) is 23.1. The molecule has 2 fully saturated rings. The van der Waals surface area contributed by atoms with Crippen molar-refractivity contribution in [1.29, 1.82) is 0 Å². The van der Waals surface area contributed by atoms with E-state index in [0.29, 0.717) is 11.8 Å². The average Bonchev–Trinajstić information content (AvgIpc) is 3.29. The van der Waals surface area contributed by atoms with Crippen molar-refractivity contribution >= 4 is 6.09 Å². The Labute approximate surface area is 182 Å². The Morgan fingerprint density at radius 1 is 1.07 bits per heavy atom. The maximum atomic E-state index is 12.4. The molecule has 0 spiro atoms. The number of imidazole rings is 1. The molecule has 1 amide bonds. The first-order valence-corrected chi connectivity index (χ1v) is 11.8. The minimum atomic E-state index is -0.444. The Bertz CT molecular complexity index is 700. The van der Waals surface area contributed by atoms with E-state index in [1.807, 2.05) is 25.7 Å². The van der Waals surface area contributed by atoms with Gasteiger partial charge in [0.2, 0.25) is 0 Å². The summed E-state index contributed by atoms with van der Waals surface area (Å²) < 4.78 is 7.95. The molecule has 3 rings (SSSR count). The number of carbonyl (C=O) groups excluding carboxylic acids is 1. The number of hydrogen-bond donors (Lipinski definition) is 1. The van der Waals surface area contributed by atoms with E-state index in [9.17, 15) is 4.79 Å². The van der Waals surface area contributed by atoms with Gasteiger partial charge in [-0.3, -0.25) is 0 Å². The van der Waals surface area contributed by atoms with Crippen LogP contribution in [0.1, 0.15) is 103 Å². The predicted octanol–water partition coefficient (Wildman–Crippen LogP) is 5.04. The van der Waals surface area contributed by atoms with E-state index >= 15 is 0 Å². The van der Waals surface area contributed by atoms with E-state index in [2.05, 4.69) is 36.9 Å². The van der Waals surface area contributed by atoms with Gasteiger partial charge in [0, 0.05) is 49.8 Å². The highest BCUT2D eigenvalue weighted by Gasteiger charge is 2.31. The topological polar surface area (TPSA) is 59.4 Å². The normalized spacial score (nSPS) is 19.5. The summed E-state index contributed by atoms with van der Waals surface area (Å²) in [7, 11) is 0. The Kier molecular flexibility index (Phi) is 7.16. The first-order valence-electron chi connectivity index (χ1n) is 11.8. The fourth-order valence-electron chi connectivity index (χ4n) is 4.57. The van der Waals surface area contributed by atoms with Gasteiger partial charge in [-0.1, -0.05) is 12.8 Å². The van der Waals surface area contributed by atoms with Crippen molar-refractivity contribution in [2.45, 2.75) is 110 Å². The lowest BCUT2D eigenvalue weighted by Crippen LogP contribution is -2.41. The molecule has 1 saturated heterocycles. The van der Waals surface area contributed by atoms with Gasteiger partial charge < -0.3 is 19.5 Å². The largest absolute Gasteiger partial charge is 0.444 e.